The van der Waals surface area contributed by atoms with Crippen molar-refractivity contribution in [2.75, 3.05) is 20.6 Å². The van der Waals surface area contributed by atoms with Crippen molar-refractivity contribution in [2.45, 2.75) is 11.1 Å². The van der Waals surface area contributed by atoms with E-state index in [9.17, 15) is 0 Å². The molecule has 0 saturated heterocycles. The van der Waals surface area contributed by atoms with Crippen molar-refractivity contribution in [3.63, 3.8) is 0 Å². The molecule has 0 fully saturated rings. The molecule has 41 valence electrons. The summed E-state index contributed by atoms with van der Waals surface area (Å²) >= 11 is 2.21. The van der Waals surface area contributed by atoms with Gasteiger partial charge in [-0.25, -0.2) is 0 Å². The van der Waals surface area contributed by atoms with Crippen LogP contribution >= 0.6 is 0 Å². The molecular weight excluding hydrogens is 122 g/mol. The maximum absolute atomic E-state index is 2.21. The van der Waals surface area contributed by atoms with Gasteiger partial charge < -0.3 is 0 Å². The summed E-state index contributed by atoms with van der Waals surface area (Å²) in [5, 5.41) is 0. The van der Waals surface area contributed by atoms with E-state index in [0.717, 1.165) is 0 Å². The fraction of sp³-hybridized carbons (Fsp3) is 1.00. The van der Waals surface area contributed by atoms with Crippen LogP contribution in [0.3, 0.4) is 0 Å². The van der Waals surface area contributed by atoms with Crippen molar-refractivity contribution in [1.82, 2.24) is 4.90 Å². The van der Waals surface area contributed by atoms with Gasteiger partial charge >= 0.3 is 57.1 Å². The first kappa shape index (κ1) is 7.67. The topological polar surface area (TPSA) is 3.24 Å². The molecule has 0 aromatic carbocycles. The van der Waals surface area contributed by atoms with Crippen LogP contribution in [0.5, 0.6) is 0 Å². The molecule has 0 heterocycles. The van der Waals surface area contributed by atoms with Gasteiger partial charge in [-0.15, -0.1) is 0 Å². The van der Waals surface area contributed by atoms with Crippen molar-refractivity contribution in [2.24, 2.45) is 0 Å². The van der Waals surface area contributed by atoms with Gasteiger partial charge in [0.25, 0.3) is 0 Å². The van der Waals surface area contributed by atoms with E-state index >= 15 is 0 Å². The standard InChI is InChI=1S/C5H12N.Ti/c1-4-5-6(2)3;/h1,4-5H2,2-3H3;. The van der Waals surface area contributed by atoms with Crippen molar-refractivity contribution < 1.29 is 20.4 Å². The van der Waals surface area contributed by atoms with Gasteiger partial charge in [-0.3, -0.25) is 0 Å². The molecule has 0 aliphatic rings. The van der Waals surface area contributed by atoms with E-state index in [1.165, 1.54) is 17.7 Å². The summed E-state index contributed by atoms with van der Waals surface area (Å²) in [4.78, 5) is 2.21. The van der Waals surface area contributed by atoms with Crippen LogP contribution in [0.1, 0.15) is 6.42 Å². The fourth-order valence-electron chi connectivity index (χ4n) is 0.395. The second kappa shape index (κ2) is 4.82. The molecule has 0 amide bonds. The van der Waals surface area contributed by atoms with Crippen LogP contribution in [0.15, 0.2) is 0 Å². The molecule has 2 heteroatoms. The summed E-state index contributed by atoms with van der Waals surface area (Å²) in [6.07, 6.45) is 1.33. The summed E-state index contributed by atoms with van der Waals surface area (Å²) in [6.45, 7) is 1.23. The Morgan fingerprint density at radius 2 is 2.00 bits per heavy atom. The summed E-state index contributed by atoms with van der Waals surface area (Å²) < 4.78 is 1.30. The van der Waals surface area contributed by atoms with Crippen molar-refractivity contribution in [3.8, 4) is 0 Å². The van der Waals surface area contributed by atoms with Crippen LogP contribution in [0, 0.1) is 0 Å². The molecule has 0 aromatic rings. The van der Waals surface area contributed by atoms with Crippen LogP contribution in [0.4, 0.5) is 0 Å². The Bertz CT molecular complexity index is 37.1. The average molecular weight is 134 g/mol. The first-order valence-electron chi connectivity index (χ1n) is 2.56. The quantitative estimate of drug-likeness (QED) is 0.518. The molecule has 0 bridgehead atoms. The predicted octanol–water partition coefficient (Wildman–Crippen LogP) is 0.903. The number of hydrogen-bond acceptors (Lipinski definition) is 1. The number of nitrogens with zero attached hydrogens (tertiary/aromatic N) is 1. The van der Waals surface area contributed by atoms with Gasteiger partial charge in [0.1, 0.15) is 0 Å². The Balaban J connectivity index is 2.68. The Kier molecular flexibility index (Phi) is 5.29. The third kappa shape index (κ3) is 6.67. The normalized spacial score (nSPS) is 10.0. The molecule has 0 spiro atoms. The first-order valence-corrected chi connectivity index (χ1v) is 3.67. The van der Waals surface area contributed by atoms with E-state index in [1.54, 1.807) is 0 Å². The molecule has 0 N–H and O–H groups in total. The summed E-state index contributed by atoms with van der Waals surface area (Å²) in [7, 11) is 4.21. The molecular formula is C5H12NTi. The van der Waals surface area contributed by atoms with E-state index in [2.05, 4.69) is 39.4 Å². The zero-order valence-electron chi connectivity index (χ0n) is 5.07. The van der Waals surface area contributed by atoms with Crippen LogP contribution in [-0.2, 0) is 20.4 Å². The van der Waals surface area contributed by atoms with Crippen molar-refractivity contribution >= 4 is 0 Å². The summed E-state index contributed by atoms with van der Waals surface area (Å²) in [5.74, 6) is 0. The molecule has 0 atom stereocenters. The minimum atomic E-state index is 1.23. The molecule has 0 aromatic heterocycles. The molecule has 0 aliphatic carbocycles. The summed E-state index contributed by atoms with van der Waals surface area (Å²) in [5.41, 5.74) is 0. The van der Waals surface area contributed by atoms with Gasteiger partial charge in [0, 0.05) is 0 Å². The molecule has 0 rings (SSSR count). The molecule has 0 unspecified atom stereocenters. The van der Waals surface area contributed by atoms with Gasteiger partial charge in [-0.05, 0) is 0 Å². The third-order valence-electron chi connectivity index (χ3n) is 0.782. The zero-order valence-corrected chi connectivity index (χ0v) is 6.63. The molecule has 0 radical (unpaired) electrons. The van der Waals surface area contributed by atoms with Gasteiger partial charge in [0.05, 0.1) is 0 Å². The van der Waals surface area contributed by atoms with Crippen LogP contribution in [-0.4, -0.2) is 25.5 Å². The molecule has 0 aliphatic heterocycles. The Morgan fingerprint density at radius 3 is 2.14 bits per heavy atom. The Hall–Kier alpha value is 0.674. The fourth-order valence-corrected chi connectivity index (χ4v) is 0.642. The van der Waals surface area contributed by atoms with Crippen molar-refractivity contribution in [1.29, 1.82) is 0 Å². The summed E-state index contributed by atoms with van der Waals surface area (Å²) in [6, 6.07) is 0. The van der Waals surface area contributed by atoms with E-state index < -0.39 is 0 Å². The Morgan fingerprint density at radius 1 is 1.43 bits per heavy atom. The predicted molar refractivity (Wildman–Crippen MR) is 28.0 cm³/mol. The van der Waals surface area contributed by atoms with Gasteiger partial charge in [0.15, 0.2) is 0 Å². The van der Waals surface area contributed by atoms with Crippen LogP contribution in [0.25, 0.3) is 0 Å². The van der Waals surface area contributed by atoms with Crippen LogP contribution < -0.4 is 0 Å². The maximum atomic E-state index is 2.21. The van der Waals surface area contributed by atoms with Crippen LogP contribution in [0.2, 0.25) is 4.73 Å². The zero-order chi connectivity index (χ0) is 5.70. The second-order valence-corrected chi connectivity index (χ2v) is 2.69. The minimum absolute atomic E-state index is 1.23. The van der Waals surface area contributed by atoms with Gasteiger partial charge in [0.2, 0.25) is 0 Å². The Labute approximate surface area is 57.5 Å². The monoisotopic (exact) mass is 134 g/mol. The number of rotatable bonds is 3. The average Bonchev–Trinajstić information content (AvgIpc) is 1.61. The molecule has 7 heavy (non-hydrogen) atoms. The SMILES string of the molecule is CN(C)CC[CH2][Ti]. The molecule has 0 saturated carbocycles. The number of hydrogen-bond donors (Lipinski definition) is 0. The van der Waals surface area contributed by atoms with E-state index in [4.69, 9.17) is 0 Å². The molecule has 1 nitrogen and oxygen atoms in total. The van der Waals surface area contributed by atoms with Gasteiger partial charge in [-0.2, -0.15) is 0 Å². The first-order chi connectivity index (χ1) is 3.27. The van der Waals surface area contributed by atoms with E-state index in [-0.39, 0.29) is 0 Å². The van der Waals surface area contributed by atoms with Crippen molar-refractivity contribution in [3.05, 3.63) is 0 Å². The second-order valence-electron chi connectivity index (χ2n) is 1.91. The van der Waals surface area contributed by atoms with E-state index in [1.807, 2.05) is 0 Å². The third-order valence-corrected chi connectivity index (χ3v) is 1.33. The van der Waals surface area contributed by atoms with Gasteiger partial charge in [-0.1, -0.05) is 0 Å². The van der Waals surface area contributed by atoms with E-state index in [0.29, 0.717) is 0 Å².